The first kappa shape index (κ1) is 26.1. The first-order valence-corrected chi connectivity index (χ1v) is 13.0. The predicted octanol–water partition coefficient (Wildman–Crippen LogP) is 4.61. The van der Waals surface area contributed by atoms with Gasteiger partial charge in [-0.05, 0) is 62.1 Å². The lowest BCUT2D eigenvalue weighted by atomic mass is 10.0. The molecule has 0 aliphatic carbocycles. The Balaban J connectivity index is 1.74. The molecule has 0 saturated carbocycles. The molecular formula is C23H26Cl2N2O6S. The van der Waals surface area contributed by atoms with Crippen LogP contribution >= 0.6 is 23.2 Å². The molecule has 1 fully saturated rings. The Kier molecular flexibility index (Phi) is 8.67. The van der Waals surface area contributed by atoms with Gasteiger partial charge in [0.05, 0.1) is 22.2 Å². The maximum atomic E-state index is 12.9. The van der Waals surface area contributed by atoms with Crippen LogP contribution in [0, 0.1) is 5.92 Å². The molecule has 1 unspecified atom stereocenters. The van der Waals surface area contributed by atoms with E-state index in [1.54, 1.807) is 17.0 Å². The number of nitrogens with zero attached hydrogens (tertiary/aromatic N) is 1. The van der Waals surface area contributed by atoms with Crippen LogP contribution in [0.3, 0.4) is 0 Å². The number of esters is 1. The fourth-order valence-corrected chi connectivity index (χ4v) is 5.51. The molecule has 2 aromatic carbocycles. The number of piperidine rings is 1. The Labute approximate surface area is 209 Å². The molecule has 11 heteroatoms. The summed E-state index contributed by atoms with van der Waals surface area (Å²) < 4.78 is 38.8. The first-order valence-electron chi connectivity index (χ1n) is 10.8. The van der Waals surface area contributed by atoms with Crippen molar-refractivity contribution in [3.05, 3.63) is 52.0 Å². The van der Waals surface area contributed by atoms with Crippen molar-refractivity contribution in [1.29, 1.82) is 0 Å². The smallest absolute Gasteiger partial charge is 0.340 e. The maximum Gasteiger partial charge on any atom is 0.340 e. The lowest BCUT2D eigenvalue weighted by Gasteiger charge is -2.30. The molecule has 1 saturated heterocycles. The number of rotatable bonds is 8. The number of anilines is 1. The van der Waals surface area contributed by atoms with E-state index in [1.165, 1.54) is 12.1 Å². The zero-order valence-corrected chi connectivity index (χ0v) is 21.2. The summed E-state index contributed by atoms with van der Waals surface area (Å²) in [4.78, 5) is 26.3. The van der Waals surface area contributed by atoms with Gasteiger partial charge < -0.3 is 14.4 Å². The summed E-state index contributed by atoms with van der Waals surface area (Å²) >= 11 is 12.3. The molecule has 184 valence electrons. The molecule has 0 bridgehead atoms. The third-order valence-electron chi connectivity index (χ3n) is 5.28. The van der Waals surface area contributed by atoms with Crippen molar-refractivity contribution in [2.75, 3.05) is 31.0 Å². The van der Waals surface area contributed by atoms with Gasteiger partial charge in [-0.25, -0.2) is 13.2 Å². The number of halogens is 2. The zero-order valence-electron chi connectivity index (χ0n) is 18.8. The van der Waals surface area contributed by atoms with Crippen LogP contribution in [0.4, 0.5) is 5.69 Å². The molecule has 34 heavy (non-hydrogen) atoms. The zero-order chi connectivity index (χ0) is 24.9. The van der Waals surface area contributed by atoms with E-state index in [0.717, 1.165) is 25.0 Å². The Morgan fingerprint density at radius 3 is 2.50 bits per heavy atom. The summed E-state index contributed by atoms with van der Waals surface area (Å²) in [5.74, 6) is -0.254. The number of likely N-dealkylation sites (tertiary alicyclic amines) is 1. The minimum Gasteiger partial charge on any atom is -0.494 e. The number of sulfonamides is 1. The maximum absolute atomic E-state index is 12.9. The molecule has 3 rings (SSSR count). The average molecular weight is 529 g/mol. The lowest BCUT2D eigenvalue weighted by molar-refractivity contribution is -0.136. The second-order valence-electron chi connectivity index (χ2n) is 7.99. The highest BCUT2D eigenvalue weighted by atomic mass is 35.5. The molecular weight excluding hydrogens is 503 g/mol. The van der Waals surface area contributed by atoms with Gasteiger partial charge in [0, 0.05) is 18.8 Å². The Bertz CT molecular complexity index is 1150. The van der Waals surface area contributed by atoms with Crippen molar-refractivity contribution in [2.24, 2.45) is 5.92 Å². The summed E-state index contributed by atoms with van der Waals surface area (Å²) in [6, 6.07) is 8.50. The van der Waals surface area contributed by atoms with Gasteiger partial charge in [-0.2, -0.15) is 0 Å². The molecule has 8 nitrogen and oxygen atoms in total. The van der Waals surface area contributed by atoms with Gasteiger partial charge in [-0.3, -0.25) is 9.52 Å². The number of nitrogens with one attached hydrogen (secondary N) is 1. The molecule has 1 atom stereocenters. The largest absolute Gasteiger partial charge is 0.494 e. The third-order valence-corrected chi connectivity index (χ3v) is 7.44. The minimum absolute atomic E-state index is 0.0888. The predicted molar refractivity (Wildman–Crippen MR) is 130 cm³/mol. The van der Waals surface area contributed by atoms with Gasteiger partial charge in [-0.15, -0.1) is 0 Å². The number of ether oxygens (including phenoxy) is 2. The van der Waals surface area contributed by atoms with Crippen LogP contribution in [-0.2, 0) is 19.6 Å². The Morgan fingerprint density at radius 1 is 1.15 bits per heavy atom. The molecule has 2 aromatic rings. The van der Waals surface area contributed by atoms with E-state index in [2.05, 4.69) is 11.6 Å². The van der Waals surface area contributed by atoms with Crippen molar-refractivity contribution in [2.45, 2.75) is 31.6 Å². The normalized spacial score (nSPS) is 16.1. The highest BCUT2D eigenvalue weighted by Crippen LogP contribution is 2.31. The number of hydrogen-bond donors (Lipinski definition) is 1. The molecule has 0 aromatic heterocycles. The quantitative estimate of drug-likeness (QED) is 0.502. The van der Waals surface area contributed by atoms with Crippen LogP contribution in [-0.4, -0.2) is 51.5 Å². The molecule has 1 aliphatic heterocycles. The summed E-state index contributed by atoms with van der Waals surface area (Å²) in [5, 5.41) is -0.257. The van der Waals surface area contributed by atoms with E-state index in [0.29, 0.717) is 31.4 Å². The van der Waals surface area contributed by atoms with Crippen LogP contribution < -0.4 is 9.46 Å². The van der Waals surface area contributed by atoms with Crippen LogP contribution in [0.1, 0.15) is 37.0 Å². The summed E-state index contributed by atoms with van der Waals surface area (Å²) in [7, 11) is -4.16. The summed E-state index contributed by atoms with van der Waals surface area (Å²) in [5.41, 5.74) is 0.0675. The van der Waals surface area contributed by atoms with Gasteiger partial charge in [-0.1, -0.05) is 30.1 Å². The van der Waals surface area contributed by atoms with Crippen molar-refractivity contribution in [3.63, 3.8) is 0 Å². The monoisotopic (exact) mass is 528 g/mol. The van der Waals surface area contributed by atoms with E-state index in [9.17, 15) is 18.0 Å². The van der Waals surface area contributed by atoms with E-state index >= 15 is 0 Å². The van der Waals surface area contributed by atoms with E-state index < -0.39 is 22.6 Å². The summed E-state index contributed by atoms with van der Waals surface area (Å²) in [6.07, 6.45) is 1.94. The molecule has 0 spiro atoms. The van der Waals surface area contributed by atoms with Crippen LogP contribution in [0.2, 0.25) is 10.0 Å². The fourth-order valence-electron chi connectivity index (χ4n) is 3.60. The molecule has 1 N–H and O–H groups in total. The molecule has 1 aliphatic rings. The van der Waals surface area contributed by atoms with Gasteiger partial charge in [0.1, 0.15) is 10.6 Å². The van der Waals surface area contributed by atoms with E-state index in [1.807, 2.05) is 6.92 Å². The highest BCUT2D eigenvalue weighted by molar-refractivity contribution is 7.92. The van der Waals surface area contributed by atoms with Crippen molar-refractivity contribution >= 4 is 50.8 Å². The number of amides is 1. The number of hydrogen-bond acceptors (Lipinski definition) is 6. The molecule has 0 radical (unpaired) electrons. The van der Waals surface area contributed by atoms with E-state index in [-0.39, 0.29) is 32.1 Å². The Morgan fingerprint density at radius 2 is 1.85 bits per heavy atom. The number of benzene rings is 2. The second-order valence-corrected chi connectivity index (χ2v) is 10.5. The third kappa shape index (κ3) is 6.55. The second kappa shape index (κ2) is 11.3. The first-order chi connectivity index (χ1) is 16.1. The lowest BCUT2D eigenvalue weighted by Crippen LogP contribution is -2.41. The van der Waals surface area contributed by atoms with Crippen LogP contribution in [0.15, 0.2) is 41.3 Å². The Hall–Kier alpha value is -2.49. The van der Waals surface area contributed by atoms with Gasteiger partial charge in [0.2, 0.25) is 0 Å². The van der Waals surface area contributed by atoms with Crippen molar-refractivity contribution in [1.82, 2.24) is 4.90 Å². The number of carbonyl (C=O) groups excluding carboxylic acids is 2. The molecule has 1 heterocycles. The van der Waals surface area contributed by atoms with Gasteiger partial charge in [0.15, 0.2) is 6.61 Å². The number of carbonyl (C=O) groups is 2. The van der Waals surface area contributed by atoms with Crippen LogP contribution in [0.5, 0.6) is 5.75 Å². The standard InChI is InChI=1S/C23H26Cl2N2O6S/c1-3-32-17-8-6-16(7-9-17)26-34(30,31)21-11-18(19(24)12-20(21)25)23(29)33-14-22(28)27-10-4-5-15(2)13-27/h6-9,11-12,15,26H,3-5,10,13-14H2,1-2H3. The van der Waals surface area contributed by atoms with E-state index in [4.69, 9.17) is 32.7 Å². The fraction of sp³-hybridized carbons (Fsp3) is 0.391. The van der Waals surface area contributed by atoms with Crippen molar-refractivity contribution in [3.8, 4) is 5.75 Å². The van der Waals surface area contributed by atoms with Gasteiger partial charge in [0.25, 0.3) is 15.9 Å². The molecule has 1 amide bonds. The average Bonchev–Trinajstić information content (AvgIpc) is 2.78. The topological polar surface area (TPSA) is 102 Å². The minimum atomic E-state index is -4.16. The SMILES string of the molecule is CCOc1ccc(NS(=O)(=O)c2cc(C(=O)OCC(=O)N3CCCC(C)C3)c(Cl)cc2Cl)cc1. The van der Waals surface area contributed by atoms with Gasteiger partial charge >= 0.3 is 5.97 Å². The van der Waals surface area contributed by atoms with Crippen LogP contribution in [0.25, 0.3) is 0 Å². The highest BCUT2D eigenvalue weighted by Gasteiger charge is 2.26. The summed E-state index contributed by atoms with van der Waals surface area (Å²) in [6.45, 7) is 5.14. The van der Waals surface area contributed by atoms with Crippen molar-refractivity contribution < 1.29 is 27.5 Å².